The third-order valence-corrected chi connectivity index (χ3v) is 3.42. The molecule has 0 saturated carbocycles. The summed E-state index contributed by atoms with van der Waals surface area (Å²) in [4.78, 5) is 0. The maximum Gasteiger partial charge on any atom is 0.0645 e. The van der Waals surface area contributed by atoms with Gasteiger partial charge in [-0.25, -0.2) is 4.68 Å². The molecule has 0 saturated heterocycles. The molecule has 0 aliphatic carbocycles. The molecule has 0 fully saturated rings. The Balaban J connectivity index is 1.93. The number of hydrogen-bond acceptors (Lipinski definition) is 2. The summed E-state index contributed by atoms with van der Waals surface area (Å²) in [7, 11) is 0. The molecule has 2 N–H and O–H groups in total. The number of para-hydroxylation sites is 1. The first-order valence-corrected chi connectivity index (χ1v) is 7.17. The Hall–Kier alpha value is -1.61. The molecule has 0 bridgehead atoms. The van der Waals surface area contributed by atoms with Gasteiger partial charge in [-0.1, -0.05) is 50.8 Å². The number of nitrogens with zero attached hydrogens (tertiary/aromatic N) is 2. The van der Waals surface area contributed by atoms with Gasteiger partial charge in [-0.2, -0.15) is 5.10 Å². The second-order valence-electron chi connectivity index (χ2n) is 5.01. The van der Waals surface area contributed by atoms with Crippen LogP contribution in [0.1, 0.15) is 50.6 Å². The van der Waals surface area contributed by atoms with Crippen LogP contribution in [0.4, 0.5) is 0 Å². The van der Waals surface area contributed by atoms with E-state index in [2.05, 4.69) is 12.0 Å². The summed E-state index contributed by atoms with van der Waals surface area (Å²) in [5.74, 6) is 0. The normalized spacial score (nSPS) is 12.5. The van der Waals surface area contributed by atoms with Crippen molar-refractivity contribution in [2.45, 2.75) is 45.1 Å². The highest BCUT2D eigenvalue weighted by molar-refractivity contribution is 5.31. The number of unbranched alkanes of at least 4 members (excludes halogenated alkanes) is 3. The van der Waals surface area contributed by atoms with Crippen LogP contribution in [0, 0.1) is 0 Å². The van der Waals surface area contributed by atoms with Crippen molar-refractivity contribution >= 4 is 0 Å². The highest BCUT2D eigenvalue weighted by Crippen LogP contribution is 2.18. The van der Waals surface area contributed by atoms with Crippen LogP contribution in [0.5, 0.6) is 0 Å². The Morgan fingerprint density at radius 2 is 1.95 bits per heavy atom. The van der Waals surface area contributed by atoms with Crippen molar-refractivity contribution in [1.82, 2.24) is 9.78 Å². The van der Waals surface area contributed by atoms with Gasteiger partial charge in [0.15, 0.2) is 0 Å². The van der Waals surface area contributed by atoms with Crippen LogP contribution in [0.2, 0.25) is 0 Å². The van der Waals surface area contributed by atoms with Gasteiger partial charge in [0.1, 0.15) is 0 Å². The number of nitrogens with two attached hydrogens (primary N) is 1. The fourth-order valence-corrected chi connectivity index (χ4v) is 2.21. The molecule has 0 aliphatic heterocycles. The molecule has 3 nitrogen and oxygen atoms in total. The lowest BCUT2D eigenvalue weighted by molar-refractivity contribution is 0.566. The predicted octanol–water partition coefficient (Wildman–Crippen LogP) is 3.84. The number of aromatic nitrogens is 2. The van der Waals surface area contributed by atoms with E-state index in [-0.39, 0.29) is 6.04 Å². The fourth-order valence-electron chi connectivity index (χ4n) is 2.21. The van der Waals surface area contributed by atoms with E-state index in [1.807, 2.05) is 47.4 Å². The highest BCUT2D eigenvalue weighted by atomic mass is 15.3. The first-order valence-electron chi connectivity index (χ1n) is 7.17. The average molecular weight is 257 g/mol. The lowest BCUT2D eigenvalue weighted by atomic mass is 10.0. The van der Waals surface area contributed by atoms with Crippen molar-refractivity contribution in [3.05, 3.63) is 48.3 Å². The summed E-state index contributed by atoms with van der Waals surface area (Å²) in [6.07, 6.45) is 10.0. The van der Waals surface area contributed by atoms with Crippen molar-refractivity contribution in [2.24, 2.45) is 5.73 Å². The molecule has 0 radical (unpaired) electrons. The molecule has 1 unspecified atom stereocenters. The minimum atomic E-state index is 0.106. The van der Waals surface area contributed by atoms with Gasteiger partial charge in [-0.15, -0.1) is 0 Å². The van der Waals surface area contributed by atoms with Crippen molar-refractivity contribution in [3.8, 4) is 5.69 Å². The van der Waals surface area contributed by atoms with Crippen LogP contribution in [0.15, 0.2) is 42.7 Å². The van der Waals surface area contributed by atoms with Crippen LogP contribution >= 0.6 is 0 Å². The molecule has 3 heteroatoms. The lowest BCUT2D eigenvalue weighted by Crippen LogP contribution is -2.09. The molecule has 0 spiro atoms. The van der Waals surface area contributed by atoms with Gasteiger partial charge < -0.3 is 5.73 Å². The molecule has 2 aromatic rings. The molecule has 19 heavy (non-hydrogen) atoms. The largest absolute Gasteiger partial charge is 0.324 e. The van der Waals surface area contributed by atoms with Gasteiger partial charge in [0, 0.05) is 17.8 Å². The van der Waals surface area contributed by atoms with Crippen molar-refractivity contribution < 1.29 is 0 Å². The molecule has 0 aliphatic rings. The second-order valence-corrected chi connectivity index (χ2v) is 5.01. The van der Waals surface area contributed by atoms with Gasteiger partial charge >= 0.3 is 0 Å². The van der Waals surface area contributed by atoms with Gasteiger partial charge in [0.25, 0.3) is 0 Å². The van der Waals surface area contributed by atoms with E-state index in [1.54, 1.807) is 0 Å². The average Bonchev–Trinajstić information content (AvgIpc) is 2.94. The molecule has 1 heterocycles. The smallest absolute Gasteiger partial charge is 0.0645 e. The quantitative estimate of drug-likeness (QED) is 0.766. The second kappa shape index (κ2) is 7.10. The minimum absolute atomic E-state index is 0.106. The molecule has 1 aromatic carbocycles. The highest BCUT2D eigenvalue weighted by Gasteiger charge is 2.08. The number of rotatable bonds is 7. The molecule has 1 atom stereocenters. The van der Waals surface area contributed by atoms with Gasteiger partial charge in [-0.3, -0.25) is 0 Å². The molecule has 0 amide bonds. The van der Waals surface area contributed by atoms with E-state index < -0.39 is 0 Å². The van der Waals surface area contributed by atoms with Crippen molar-refractivity contribution in [2.75, 3.05) is 0 Å². The van der Waals surface area contributed by atoms with E-state index in [0.717, 1.165) is 17.7 Å². The Morgan fingerprint density at radius 3 is 2.68 bits per heavy atom. The fraction of sp³-hybridized carbons (Fsp3) is 0.438. The minimum Gasteiger partial charge on any atom is -0.324 e. The van der Waals surface area contributed by atoms with Crippen LogP contribution in [0.3, 0.4) is 0 Å². The Labute approximate surface area is 115 Å². The summed E-state index contributed by atoms with van der Waals surface area (Å²) >= 11 is 0. The summed E-state index contributed by atoms with van der Waals surface area (Å²) in [5.41, 5.74) is 8.42. The van der Waals surface area contributed by atoms with Crippen LogP contribution in [-0.4, -0.2) is 9.78 Å². The van der Waals surface area contributed by atoms with Crippen LogP contribution in [-0.2, 0) is 0 Å². The number of benzene rings is 1. The maximum absolute atomic E-state index is 6.22. The van der Waals surface area contributed by atoms with E-state index >= 15 is 0 Å². The van der Waals surface area contributed by atoms with Crippen LogP contribution in [0.25, 0.3) is 5.69 Å². The SMILES string of the molecule is CCCCCCC(N)c1cnn(-c2ccccc2)c1. The third-order valence-electron chi connectivity index (χ3n) is 3.42. The predicted molar refractivity (Wildman–Crippen MR) is 79.3 cm³/mol. The Bertz CT molecular complexity index is 476. The summed E-state index contributed by atoms with van der Waals surface area (Å²) in [6, 6.07) is 10.2. The van der Waals surface area contributed by atoms with Crippen LogP contribution < -0.4 is 5.73 Å². The van der Waals surface area contributed by atoms with Gasteiger partial charge in [-0.05, 0) is 18.6 Å². The topological polar surface area (TPSA) is 43.8 Å². The molecular weight excluding hydrogens is 234 g/mol. The molecular formula is C16H23N3. The zero-order valence-electron chi connectivity index (χ0n) is 11.6. The molecule has 2 rings (SSSR count). The van der Waals surface area contributed by atoms with E-state index in [9.17, 15) is 0 Å². The monoisotopic (exact) mass is 257 g/mol. The molecule has 102 valence electrons. The zero-order chi connectivity index (χ0) is 13.5. The van der Waals surface area contributed by atoms with Crippen molar-refractivity contribution in [1.29, 1.82) is 0 Å². The summed E-state index contributed by atoms with van der Waals surface area (Å²) in [5, 5.41) is 4.39. The standard InChI is InChI=1S/C16H23N3/c1-2-3-4-8-11-16(17)14-12-18-19(13-14)15-9-6-5-7-10-15/h5-7,9-10,12-13,16H,2-4,8,11,17H2,1H3. The van der Waals surface area contributed by atoms with E-state index in [4.69, 9.17) is 5.73 Å². The first kappa shape index (κ1) is 13.8. The maximum atomic E-state index is 6.22. The Morgan fingerprint density at radius 1 is 1.16 bits per heavy atom. The van der Waals surface area contributed by atoms with Gasteiger partial charge in [0.05, 0.1) is 11.9 Å². The first-order chi connectivity index (χ1) is 9.31. The summed E-state index contributed by atoms with van der Waals surface area (Å²) < 4.78 is 1.89. The van der Waals surface area contributed by atoms with E-state index in [0.29, 0.717) is 0 Å². The lowest BCUT2D eigenvalue weighted by Gasteiger charge is -2.08. The number of hydrogen-bond donors (Lipinski definition) is 1. The Kier molecular flexibility index (Phi) is 5.16. The zero-order valence-corrected chi connectivity index (χ0v) is 11.6. The van der Waals surface area contributed by atoms with Crippen molar-refractivity contribution in [3.63, 3.8) is 0 Å². The third kappa shape index (κ3) is 3.93. The summed E-state index contributed by atoms with van der Waals surface area (Å²) in [6.45, 7) is 2.23. The van der Waals surface area contributed by atoms with Gasteiger partial charge in [0.2, 0.25) is 0 Å². The van der Waals surface area contributed by atoms with E-state index in [1.165, 1.54) is 25.7 Å². The molecule has 1 aromatic heterocycles.